The molecule has 31 heavy (non-hydrogen) atoms. The first-order chi connectivity index (χ1) is 14.8. The van der Waals surface area contributed by atoms with Crippen molar-refractivity contribution in [2.75, 3.05) is 42.9 Å². The fourth-order valence-electron chi connectivity index (χ4n) is 3.58. The zero-order valence-electron chi connectivity index (χ0n) is 16.4. The highest BCUT2D eigenvalue weighted by Gasteiger charge is 2.31. The van der Waals surface area contributed by atoms with Gasteiger partial charge in [-0.2, -0.15) is 18.3 Å². The molecule has 0 radical (unpaired) electrons. The summed E-state index contributed by atoms with van der Waals surface area (Å²) in [6, 6.07) is 7.21. The van der Waals surface area contributed by atoms with Crippen molar-refractivity contribution in [1.82, 2.24) is 15.3 Å². The zero-order chi connectivity index (χ0) is 22.0. The van der Waals surface area contributed by atoms with Crippen molar-refractivity contribution in [2.45, 2.75) is 12.6 Å². The Hall–Kier alpha value is -2.59. The molecule has 1 fully saturated rings. The number of pyridine rings is 1. The summed E-state index contributed by atoms with van der Waals surface area (Å²) in [4.78, 5) is 8.24. The van der Waals surface area contributed by atoms with Crippen LogP contribution >= 0.6 is 23.8 Å². The molecule has 11 heteroatoms. The second kappa shape index (κ2) is 8.88. The number of thiocarbonyl (C=S) groups is 1. The smallest absolute Gasteiger partial charge is 0.383 e. The van der Waals surface area contributed by atoms with Crippen molar-refractivity contribution >= 4 is 46.0 Å². The molecule has 2 aliphatic rings. The Morgan fingerprint density at radius 3 is 2.71 bits per heavy atom. The molecule has 0 atom stereocenters. The maximum atomic E-state index is 13.0. The van der Waals surface area contributed by atoms with Gasteiger partial charge in [-0.15, -0.1) is 0 Å². The van der Waals surface area contributed by atoms with E-state index in [1.54, 1.807) is 12.3 Å². The van der Waals surface area contributed by atoms with Crippen molar-refractivity contribution in [3.8, 4) is 0 Å². The van der Waals surface area contributed by atoms with E-state index in [0.717, 1.165) is 29.7 Å². The molecule has 1 aromatic carbocycles. The van der Waals surface area contributed by atoms with Crippen LogP contribution in [0.2, 0.25) is 5.02 Å². The van der Waals surface area contributed by atoms with Gasteiger partial charge >= 0.3 is 6.18 Å². The molecular weight excluding hydrogens is 449 g/mol. The number of rotatable bonds is 2. The van der Waals surface area contributed by atoms with E-state index in [-0.39, 0.29) is 0 Å². The Labute approximate surface area is 188 Å². The van der Waals surface area contributed by atoms with Gasteiger partial charge in [0, 0.05) is 51.0 Å². The third-order valence-electron chi connectivity index (χ3n) is 5.20. The van der Waals surface area contributed by atoms with Crippen LogP contribution < -0.4 is 15.6 Å². The molecule has 2 aromatic rings. The normalized spacial score (nSPS) is 17.9. The third-order valence-corrected chi connectivity index (χ3v) is 5.75. The van der Waals surface area contributed by atoms with E-state index in [1.807, 2.05) is 15.9 Å². The summed E-state index contributed by atoms with van der Waals surface area (Å²) in [5.74, 6) is 0. The zero-order valence-corrected chi connectivity index (χ0v) is 18.0. The molecule has 1 saturated heterocycles. The minimum atomic E-state index is -4.35. The summed E-state index contributed by atoms with van der Waals surface area (Å²) in [7, 11) is 0. The minimum absolute atomic E-state index is 0.477. The molecule has 2 N–H and O–H groups in total. The first-order valence-corrected chi connectivity index (χ1v) is 10.5. The van der Waals surface area contributed by atoms with Crippen LogP contribution in [0.4, 0.5) is 24.5 Å². The van der Waals surface area contributed by atoms with E-state index >= 15 is 0 Å². The molecule has 0 amide bonds. The number of halogens is 4. The highest BCUT2D eigenvalue weighted by Crippen LogP contribution is 2.32. The third kappa shape index (κ3) is 5.01. The lowest BCUT2D eigenvalue weighted by molar-refractivity contribution is -0.137. The number of alkyl halides is 3. The van der Waals surface area contributed by atoms with Crippen molar-refractivity contribution in [1.29, 1.82) is 0 Å². The number of hydrogen-bond acceptors (Lipinski definition) is 5. The lowest BCUT2D eigenvalue weighted by atomic mass is 10.1. The first-order valence-electron chi connectivity index (χ1n) is 9.75. The average Bonchev–Trinajstić information content (AvgIpc) is 2.77. The Kier molecular flexibility index (Phi) is 6.19. The first kappa shape index (κ1) is 21.6. The highest BCUT2D eigenvalue weighted by molar-refractivity contribution is 7.80. The van der Waals surface area contributed by atoms with E-state index in [9.17, 15) is 13.2 Å². The molecular formula is C20H20ClF3N6S. The van der Waals surface area contributed by atoms with E-state index < -0.39 is 11.7 Å². The van der Waals surface area contributed by atoms with Crippen molar-refractivity contribution in [3.05, 3.63) is 52.8 Å². The molecule has 0 bridgehead atoms. The van der Waals surface area contributed by atoms with E-state index in [1.165, 1.54) is 12.1 Å². The minimum Gasteiger partial charge on any atom is -0.383 e. The summed E-state index contributed by atoms with van der Waals surface area (Å²) in [6.07, 6.45) is -2.08. The van der Waals surface area contributed by atoms with Crippen LogP contribution in [0.25, 0.3) is 0 Å². The summed E-state index contributed by atoms with van der Waals surface area (Å²) >= 11 is 11.5. The number of nitrogens with one attached hydrogen (secondary N) is 2. The van der Waals surface area contributed by atoms with Gasteiger partial charge in [0.15, 0.2) is 5.11 Å². The molecule has 0 unspecified atom stereocenters. The van der Waals surface area contributed by atoms with Gasteiger partial charge in [0.25, 0.3) is 0 Å². The second-order valence-corrected chi connectivity index (χ2v) is 8.05. The van der Waals surface area contributed by atoms with Crippen LogP contribution in [-0.2, 0) is 6.18 Å². The summed E-state index contributed by atoms with van der Waals surface area (Å²) in [5, 5.41) is 8.72. The quantitative estimate of drug-likeness (QED) is 0.514. The molecule has 164 valence electrons. The predicted octanol–water partition coefficient (Wildman–Crippen LogP) is 3.97. The number of anilines is 2. The fourth-order valence-corrected chi connectivity index (χ4v) is 3.97. The van der Waals surface area contributed by atoms with Gasteiger partial charge in [-0.3, -0.25) is 10.4 Å². The lowest BCUT2D eigenvalue weighted by Gasteiger charge is -2.37. The maximum Gasteiger partial charge on any atom is 0.416 e. The van der Waals surface area contributed by atoms with Crippen LogP contribution in [0.1, 0.15) is 17.7 Å². The largest absolute Gasteiger partial charge is 0.416 e. The average molecular weight is 469 g/mol. The molecule has 0 aliphatic carbocycles. The van der Waals surface area contributed by atoms with Crippen LogP contribution in [0.3, 0.4) is 0 Å². The Bertz CT molecular complexity index is 1000. The van der Waals surface area contributed by atoms with Crippen molar-refractivity contribution < 1.29 is 13.2 Å². The number of nitrogens with zero attached hydrogens (tertiary/aromatic N) is 4. The van der Waals surface area contributed by atoms with Crippen LogP contribution in [-0.4, -0.2) is 53.4 Å². The topological polar surface area (TPSA) is 55.8 Å². The summed E-state index contributed by atoms with van der Waals surface area (Å²) in [5.41, 5.74) is 5.21. The molecule has 1 aromatic heterocycles. The summed E-state index contributed by atoms with van der Waals surface area (Å²) < 4.78 is 38.9. The van der Waals surface area contributed by atoms with Crippen molar-refractivity contribution in [3.63, 3.8) is 0 Å². The van der Waals surface area contributed by atoms with Gasteiger partial charge in [-0.05, 0) is 36.5 Å². The number of hydrazone groups is 1. The molecule has 6 nitrogen and oxygen atoms in total. The Morgan fingerprint density at radius 2 is 1.97 bits per heavy atom. The molecule has 2 aliphatic heterocycles. The monoisotopic (exact) mass is 468 g/mol. The Balaban J connectivity index is 1.36. The van der Waals surface area contributed by atoms with E-state index in [2.05, 4.69) is 20.8 Å². The number of aromatic nitrogens is 1. The number of fused-ring (bicyclic) bond motifs is 1. The van der Waals surface area contributed by atoms with E-state index in [4.69, 9.17) is 23.8 Å². The van der Waals surface area contributed by atoms with Gasteiger partial charge in [0.2, 0.25) is 0 Å². The van der Waals surface area contributed by atoms with Gasteiger partial charge in [0.1, 0.15) is 5.69 Å². The standard InChI is InChI=1S/C20H20ClF3N6S/c21-14-11-17-18(26-12-14)16(4-5-25-17)27-28-19(31)30-8-6-29(7-9-30)15-3-1-2-13(10-15)20(22,23)24/h1-3,10-12,25H,4-9H2,(H,28,31)/b27-16-. The number of piperazine rings is 1. The number of hydrogen-bond donors (Lipinski definition) is 2. The number of benzene rings is 1. The van der Waals surface area contributed by atoms with Gasteiger partial charge in [-0.25, -0.2) is 0 Å². The van der Waals surface area contributed by atoms with Crippen LogP contribution in [0.5, 0.6) is 0 Å². The molecule has 4 rings (SSSR count). The van der Waals surface area contributed by atoms with Crippen LogP contribution in [0, 0.1) is 0 Å². The Morgan fingerprint density at radius 1 is 1.19 bits per heavy atom. The molecule has 3 heterocycles. The predicted molar refractivity (Wildman–Crippen MR) is 120 cm³/mol. The summed E-state index contributed by atoms with van der Waals surface area (Å²) in [6.45, 7) is 3.01. The maximum absolute atomic E-state index is 13.0. The molecule has 0 saturated carbocycles. The second-order valence-electron chi connectivity index (χ2n) is 7.22. The van der Waals surface area contributed by atoms with E-state index in [0.29, 0.717) is 48.4 Å². The van der Waals surface area contributed by atoms with Gasteiger partial charge in [-0.1, -0.05) is 17.7 Å². The molecule has 0 spiro atoms. The SMILES string of the molecule is FC(F)(F)c1cccc(N2CCN(C(=S)N/N=C3/CCNc4cc(Cl)cnc43)CC2)c1. The fraction of sp³-hybridized carbons (Fsp3) is 0.350. The van der Waals surface area contributed by atoms with Gasteiger partial charge in [0.05, 0.1) is 22.0 Å². The lowest BCUT2D eigenvalue weighted by Crippen LogP contribution is -2.51. The van der Waals surface area contributed by atoms with Crippen LogP contribution in [0.15, 0.2) is 41.6 Å². The van der Waals surface area contributed by atoms with Gasteiger partial charge < -0.3 is 15.1 Å². The highest BCUT2D eigenvalue weighted by atomic mass is 35.5. The van der Waals surface area contributed by atoms with Crippen molar-refractivity contribution in [2.24, 2.45) is 5.10 Å².